The molecule has 0 radical (unpaired) electrons. The Kier molecular flexibility index (Phi) is 3.53. The highest BCUT2D eigenvalue weighted by atomic mass is 19.1. The number of rotatable bonds is 4. The van der Waals surface area contributed by atoms with Crippen LogP contribution in [0.15, 0.2) is 34.8 Å². The predicted molar refractivity (Wildman–Crippen MR) is 69.9 cm³/mol. The number of aryl methyl sites for hydroxylation is 1. The summed E-state index contributed by atoms with van der Waals surface area (Å²) in [7, 11) is 0. The molecule has 1 atom stereocenters. The Balaban J connectivity index is 2.39. The summed E-state index contributed by atoms with van der Waals surface area (Å²) in [5, 5.41) is 10.8. The van der Waals surface area contributed by atoms with E-state index in [1.54, 1.807) is 6.07 Å². The van der Waals surface area contributed by atoms with Gasteiger partial charge in [-0.25, -0.2) is 4.39 Å². The molecule has 1 aromatic carbocycles. The van der Waals surface area contributed by atoms with Gasteiger partial charge in [-0.15, -0.1) is 0 Å². The molecule has 96 valence electrons. The van der Waals surface area contributed by atoms with Crippen LogP contribution >= 0.6 is 0 Å². The summed E-state index contributed by atoms with van der Waals surface area (Å²) in [5.74, 6) is 0.204. The first-order valence-corrected chi connectivity index (χ1v) is 6.06. The van der Waals surface area contributed by atoms with Crippen LogP contribution in [0.25, 0.3) is 11.0 Å². The summed E-state index contributed by atoms with van der Waals surface area (Å²) >= 11 is 0. The van der Waals surface area contributed by atoms with Crippen LogP contribution in [0.5, 0.6) is 0 Å². The van der Waals surface area contributed by atoms with Crippen molar-refractivity contribution in [1.29, 1.82) is 0 Å². The molecule has 0 bridgehead atoms. The molecule has 0 aliphatic carbocycles. The minimum Gasteiger partial charge on any atom is -0.458 e. The minimum atomic E-state index is -0.715. The van der Waals surface area contributed by atoms with Crippen LogP contribution in [-0.4, -0.2) is 5.11 Å². The van der Waals surface area contributed by atoms with Crippen LogP contribution in [0, 0.1) is 12.7 Å². The first kappa shape index (κ1) is 12.8. The molecule has 0 amide bonds. The van der Waals surface area contributed by atoms with Gasteiger partial charge >= 0.3 is 0 Å². The van der Waals surface area contributed by atoms with E-state index in [1.807, 2.05) is 13.8 Å². The van der Waals surface area contributed by atoms with E-state index in [0.717, 1.165) is 17.6 Å². The molecule has 1 heterocycles. The number of aliphatic hydroxyl groups excluding tert-OH is 1. The Bertz CT molecular complexity index is 583. The molecule has 0 saturated carbocycles. The highest BCUT2D eigenvalue weighted by molar-refractivity contribution is 5.82. The number of furan rings is 1. The van der Waals surface area contributed by atoms with E-state index < -0.39 is 6.10 Å². The van der Waals surface area contributed by atoms with Gasteiger partial charge in [-0.3, -0.25) is 0 Å². The van der Waals surface area contributed by atoms with Crippen molar-refractivity contribution in [3.63, 3.8) is 0 Å². The zero-order valence-electron chi connectivity index (χ0n) is 10.7. The van der Waals surface area contributed by atoms with E-state index in [-0.39, 0.29) is 5.82 Å². The summed E-state index contributed by atoms with van der Waals surface area (Å²) in [6, 6.07) is 4.37. The average molecular weight is 248 g/mol. The minimum absolute atomic E-state index is 0.301. The molecule has 0 aliphatic heterocycles. The van der Waals surface area contributed by atoms with Gasteiger partial charge in [0.05, 0.1) is 0 Å². The van der Waals surface area contributed by atoms with Crippen molar-refractivity contribution in [2.45, 2.75) is 32.8 Å². The molecule has 1 unspecified atom stereocenters. The molecule has 0 spiro atoms. The maximum atomic E-state index is 13.2. The second-order valence-electron chi connectivity index (χ2n) is 4.56. The summed E-state index contributed by atoms with van der Waals surface area (Å²) in [6.45, 7) is 7.70. The predicted octanol–water partition coefficient (Wildman–Crippen LogP) is 4.27. The van der Waals surface area contributed by atoms with Crippen LogP contribution in [0.4, 0.5) is 4.39 Å². The molecular weight excluding hydrogens is 231 g/mol. The zero-order valence-corrected chi connectivity index (χ0v) is 10.7. The lowest BCUT2D eigenvalue weighted by atomic mass is 10.0. The van der Waals surface area contributed by atoms with Gasteiger partial charge in [0.25, 0.3) is 0 Å². The van der Waals surface area contributed by atoms with E-state index in [0.29, 0.717) is 23.2 Å². The van der Waals surface area contributed by atoms with E-state index in [1.165, 1.54) is 12.1 Å². The summed E-state index contributed by atoms with van der Waals surface area (Å²) in [6.07, 6.45) is 0.581. The Hall–Kier alpha value is -1.61. The van der Waals surface area contributed by atoms with Crippen molar-refractivity contribution in [2.75, 3.05) is 0 Å². The molecular formula is C15H17FO2. The van der Waals surface area contributed by atoms with Gasteiger partial charge in [0, 0.05) is 17.4 Å². The van der Waals surface area contributed by atoms with Gasteiger partial charge in [0.2, 0.25) is 0 Å². The largest absolute Gasteiger partial charge is 0.458 e. The SMILES string of the molecule is C=C(CC)CC(O)c1oc2ccc(F)cc2c1C. The number of halogens is 1. The van der Waals surface area contributed by atoms with Crippen LogP contribution in [-0.2, 0) is 0 Å². The number of hydrogen-bond donors (Lipinski definition) is 1. The van der Waals surface area contributed by atoms with Crippen molar-refractivity contribution in [1.82, 2.24) is 0 Å². The summed E-state index contributed by atoms with van der Waals surface area (Å²) in [4.78, 5) is 0. The van der Waals surface area contributed by atoms with Gasteiger partial charge < -0.3 is 9.52 Å². The van der Waals surface area contributed by atoms with Crippen LogP contribution in [0.1, 0.15) is 37.2 Å². The fourth-order valence-corrected chi connectivity index (χ4v) is 2.04. The molecule has 1 N–H and O–H groups in total. The maximum absolute atomic E-state index is 13.2. The van der Waals surface area contributed by atoms with Crippen LogP contribution < -0.4 is 0 Å². The first-order chi connectivity index (χ1) is 8.52. The van der Waals surface area contributed by atoms with Gasteiger partial charge in [0.15, 0.2) is 0 Å². The second-order valence-corrected chi connectivity index (χ2v) is 4.56. The number of fused-ring (bicyclic) bond motifs is 1. The Morgan fingerprint density at radius 2 is 2.22 bits per heavy atom. The third-order valence-electron chi connectivity index (χ3n) is 3.22. The molecule has 0 saturated heterocycles. The standard InChI is InChI=1S/C15H17FO2/c1-4-9(2)7-13(17)15-10(3)12-8-11(16)5-6-14(12)18-15/h5-6,8,13,17H,2,4,7H2,1,3H3. The fourth-order valence-electron chi connectivity index (χ4n) is 2.04. The van der Waals surface area contributed by atoms with Crippen molar-refractivity contribution in [3.05, 3.63) is 47.5 Å². The van der Waals surface area contributed by atoms with E-state index in [2.05, 4.69) is 6.58 Å². The first-order valence-electron chi connectivity index (χ1n) is 6.06. The monoisotopic (exact) mass is 248 g/mol. The lowest BCUT2D eigenvalue weighted by molar-refractivity contribution is 0.151. The van der Waals surface area contributed by atoms with Crippen LogP contribution in [0.3, 0.4) is 0 Å². The van der Waals surface area contributed by atoms with Crippen molar-refractivity contribution >= 4 is 11.0 Å². The van der Waals surface area contributed by atoms with Crippen molar-refractivity contribution in [2.24, 2.45) is 0 Å². The molecule has 0 fully saturated rings. The van der Waals surface area contributed by atoms with E-state index >= 15 is 0 Å². The third-order valence-corrected chi connectivity index (χ3v) is 3.22. The Morgan fingerprint density at radius 1 is 1.50 bits per heavy atom. The Labute approximate surface area is 106 Å². The number of benzene rings is 1. The van der Waals surface area contributed by atoms with Crippen molar-refractivity contribution in [3.8, 4) is 0 Å². The molecule has 3 heteroatoms. The van der Waals surface area contributed by atoms with Crippen LogP contribution in [0.2, 0.25) is 0 Å². The molecule has 2 rings (SSSR count). The fraction of sp³-hybridized carbons (Fsp3) is 0.333. The molecule has 0 aliphatic rings. The average Bonchev–Trinajstić information content (AvgIpc) is 2.66. The van der Waals surface area contributed by atoms with E-state index in [9.17, 15) is 9.50 Å². The molecule has 18 heavy (non-hydrogen) atoms. The molecule has 2 aromatic rings. The normalized spacial score (nSPS) is 12.9. The van der Waals surface area contributed by atoms with Crippen molar-refractivity contribution < 1.29 is 13.9 Å². The zero-order chi connectivity index (χ0) is 13.3. The van der Waals surface area contributed by atoms with E-state index in [4.69, 9.17) is 4.42 Å². The second kappa shape index (κ2) is 4.94. The number of hydrogen-bond acceptors (Lipinski definition) is 2. The quantitative estimate of drug-likeness (QED) is 0.820. The lowest BCUT2D eigenvalue weighted by Gasteiger charge is -2.09. The van der Waals surface area contributed by atoms with Gasteiger partial charge in [-0.05, 0) is 31.5 Å². The molecule has 2 nitrogen and oxygen atoms in total. The van der Waals surface area contributed by atoms with Gasteiger partial charge in [0.1, 0.15) is 23.3 Å². The summed E-state index contributed by atoms with van der Waals surface area (Å²) < 4.78 is 18.8. The topological polar surface area (TPSA) is 33.4 Å². The highest BCUT2D eigenvalue weighted by Gasteiger charge is 2.18. The Morgan fingerprint density at radius 3 is 2.89 bits per heavy atom. The maximum Gasteiger partial charge on any atom is 0.137 e. The smallest absolute Gasteiger partial charge is 0.137 e. The third kappa shape index (κ3) is 2.31. The lowest BCUT2D eigenvalue weighted by Crippen LogP contribution is -1.98. The van der Waals surface area contributed by atoms with Gasteiger partial charge in [-0.1, -0.05) is 19.1 Å². The molecule has 1 aromatic heterocycles. The summed E-state index contributed by atoms with van der Waals surface area (Å²) in [5.41, 5.74) is 2.36. The number of aliphatic hydroxyl groups is 1. The van der Waals surface area contributed by atoms with Gasteiger partial charge in [-0.2, -0.15) is 0 Å². The highest BCUT2D eigenvalue weighted by Crippen LogP contribution is 2.32.